The van der Waals surface area contributed by atoms with Gasteiger partial charge in [0.05, 0.1) is 0 Å². The SMILES string of the molecule is C=C[C@H](C/C=C(\C)N1C2=C3B(C4=CC(C(C)(C)C)CCC41)c1cc(C(C)(C)C)ccc1N(c1ccc(C(C)(C)C)cc1)C3=CC(C(C)(C)C)C2)C(C)(C)C. The molecule has 4 atom stereocenters. The predicted octanol–water partition coefficient (Wildman–Crippen LogP) is 13.6. The zero-order chi connectivity index (χ0) is 39.9. The summed E-state index contributed by atoms with van der Waals surface area (Å²) in [6.45, 7) is 42.7. The molecule has 4 aliphatic rings. The number of nitrogens with zero attached hydrogens (tertiary/aromatic N) is 2. The Kier molecular flexibility index (Phi) is 10.3. The van der Waals surface area contributed by atoms with Crippen molar-refractivity contribution < 1.29 is 0 Å². The largest absolute Gasteiger partial charge is 0.343 e. The second-order valence-electron chi connectivity index (χ2n) is 22.6. The molecule has 2 aromatic rings. The smallest absolute Gasteiger partial charge is 0.246 e. The molecule has 0 N–H and O–H groups in total. The molecule has 2 aromatic carbocycles. The molecule has 3 heteroatoms. The Labute approximate surface area is 332 Å². The van der Waals surface area contributed by atoms with Gasteiger partial charge in [0.25, 0.3) is 0 Å². The van der Waals surface area contributed by atoms with Crippen LogP contribution in [0.15, 0.2) is 101 Å². The van der Waals surface area contributed by atoms with E-state index in [9.17, 15) is 0 Å². The number of allylic oxidation sites excluding steroid dienone is 7. The van der Waals surface area contributed by atoms with Gasteiger partial charge in [-0.05, 0) is 118 Å². The van der Waals surface area contributed by atoms with Gasteiger partial charge >= 0.3 is 0 Å². The van der Waals surface area contributed by atoms with Crippen molar-refractivity contribution in [2.24, 2.45) is 34.0 Å². The van der Waals surface area contributed by atoms with E-state index in [2.05, 4.69) is 194 Å². The first-order valence-corrected chi connectivity index (χ1v) is 21.1. The minimum absolute atomic E-state index is 0.0501. The quantitative estimate of drug-likeness (QED) is 0.224. The average Bonchev–Trinajstić information content (AvgIpc) is 3.05. The van der Waals surface area contributed by atoms with Crippen molar-refractivity contribution in [1.29, 1.82) is 0 Å². The number of anilines is 2. The van der Waals surface area contributed by atoms with E-state index >= 15 is 0 Å². The monoisotopic (exact) mass is 725 g/mol. The van der Waals surface area contributed by atoms with E-state index in [0.29, 0.717) is 23.8 Å². The Balaban J connectivity index is 1.69. The lowest BCUT2D eigenvalue weighted by atomic mass is 9.29. The van der Waals surface area contributed by atoms with Crippen molar-refractivity contribution in [3.63, 3.8) is 0 Å². The summed E-state index contributed by atoms with van der Waals surface area (Å²) in [5.41, 5.74) is 15.0. The number of hydrogen-bond acceptors (Lipinski definition) is 2. The van der Waals surface area contributed by atoms with Crippen LogP contribution in [0, 0.1) is 34.0 Å². The van der Waals surface area contributed by atoms with Gasteiger partial charge in [0.15, 0.2) is 0 Å². The van der Waals surface area contributed by atoms with Gasteiger partial charge in [-0.3, -0.25) is 0 Å². The van der Waals surface area contributed by atoms with Crippen LogP contribution in [-0.4, -0.2) is 17.7 Å². The van der Waals surface area contributed by atoms with Gasteiger partial charge in [-0.25, -0.2) is 0 Å². The molecule has 0 amide bonds. The lowest BCUT2D eigenvalue weighted by Gasteiger charge is -2.55. The van der Waals surface area contributed by atoms with E-state index in [-0.39, 0.29) is 33.8 Å². The van der Waals surface area contributed by atoms with E-state index in [0.717, 1.165) is 12.8 Å². The average molecular weight is 725 g/mol. The maximum absolute atomic E-state index is 4.28. The first-order chi connectivity index (χ1) is 24.8. The number of hydrogen-bond donors (Lipinski definition) is 0. The molecule has 2 nitrogen and oxygen atoms in total. The zero-order valence-electron chi connectivity index (χ0n) is 37.2. The molecule has 6 rings (SSSR count). The first-order valence-electron chi connectivity index (χ1n) is 21.1. The topological polar surface area (TPSA) is 6.48 Å². The zero-order valence-corrected chi connectivity index (χ0v) is 37.2. The van der Waals surface area contributed by atoms with E-state index < -0.39 is 0 Å². The van der Waals surface area contributed by atoms with E-state index in [1.807, 2.05) is 0 Å². The minimum atomic E-state index is 0.0501. The summed E-state index contributed by atoms with van der Waals surface area (Å²) in [5.74, 6) is 1.36. The van der Waals surface area contributed by atoms with E-state index in [4.69, 9.17) is 0 Å². The molecule has 0 saturated heterocycles. The highest BCUT2D eigenvalue weighted by Crippen LogP contribution is 2.54. The number of fused-ring (bicyclic) bond motifs is 4. The van der Waals surface area contributed by atoms with Crippen LogP contribution in [0.3, 0.4) is 0 Å². The van der Waals surface area contributed by atoms with Gasteiger partial charge in [0.2, 0.25) is 6.71 Å². The predicted molar refractivity (Wildman–Crippen MR) is 238 cm³/mol. The second-order valence-corrected chi connectivity index (χ2v) is 22.6. The van der Waals surface area contributed by atoms with Gasteiger partial charge in [0, 0.05) is 34.5 Å². The summed E-state index contributed by atoms with van der Waals surface area (Å²) in [4.78, 5) is 5.50. The molecule has 2 aliphatic carbocycles. The first kappa shape index (κ1) is 40.5. The number of benzene rings is 2. The highest BCUT2D eigenvalue weighted by atomic mass is 15.2. The van der Waals surface area contributed by atoms with E-state index in [1.165, 1.54) is 57.7 Å². The fourth-order valence-corrected chi connectivity index (χ4v) is 9.60. The molecule has 3 unspecified atom stereocenters. The highest BCUT2D eigenvalue weighted by molar-refractivity contribution is 6.89. The van der Waals surface area contributed by atoms with Crippen LogP contribution < -0.4 is 10.4 Å². The molecule has 2 aliphatic heterocycles. The third-order valence-electron chi connectivity index (χ3n) is 13.5. The highest BCUT2D eigenvalue weighted by Gasteiger charge is 2.52. The molecule has 0 saturated carbocycles. The maximum Gasteiger partial charge on any atom is 0.246 e. The Hall–Kier alpha value is -3.20. The summed E-state index contributed by atoms with van der Waals surface area (Å²) in [7, 11) is 0. The third-order valence-corrected chi connectivity index (χ3v) is 13.5. The van der Waals surface area contributed by atoms with Crippen molar-refractivity contribution in [1.82, 2.24) is 4.90 Å². The standard InChI is InChI=1S/C51H73BN2/c1-18-34(47(3,4)5)20-19-33(2)53-42-27-23-36(49(9,10)11)29-40(42)52-41-30-37(50(12,13)14)24-28-43(41)54(39-25-21-35(22-26-39)48(6,7)8)45-32-38(51(15,16)17)31-44(53)46(45)52/h18-19,21-22,24-26,28-30,32,34,36,38,42H,1,20,23,27,31H2,2-17H3/b33-19+/t34-,36?,38?,42?/m1/s1. The summed E-state index contributed by atoms with van der Waals surface area (Å²) >= 11 is 0. The molecular weight excluding hydrogens is 651 g/mol. The van der Waals surface area contributed by atoms with Crippen LogP contribution in [0.1, 0.15) is 148 Å². The molecule has 0 bridgehead atoms. The fraction of sp³-hybridized carbons (Fsp3) is 0.569. The molecule has 2 heterocycles. The molecule has 290 valence electrons. The van der Waals surface area contributed by atoms with Crippen molar-refractivity contribution in [3.8, 4) is 0 Å². The summed E-state index contributed by atoms with van der Waals surface area (Å²) in [6, 6.07) is 17.3. The fourth-order valence-electron chi connectivity index (χ4n) is 9.60. The number of rotatable bonds is 5. The van der Waals surface area contributed by atoms with Gasteiger partial charge in [-0.15, -0.1) is 6.58 Å². The molecule has 54 heavy (non-hydrogen) atoms. The van der Waals surface area contributed by atoms with Crippen molar-refractivity contribution in [2.45, 2.75) is 153 Å². The van der Waals surface area contributed by atoms with Crippen LogP contribution in [0.5, 0.6) is 0 Å². The van der Waals surface area contributed by atoms with Crippen LogP contribution in [0.25, 0.3) is 0 Å². The summed E-state index contributed by atoms with van der Waals surface area (Å²) in [5, 5.41) is 0. The Bertz CT molecular complexity index is 1880. The summed E-state index contributed by atoms with van der Waals surface area (Å²) in [6.07, 6.45) is 14.7. The lowest BCUT2D eigenvalue weighted by Crippen LogP contribution is -2.58. The van der Waals surface area contributed by atoms with Gasteiger partial charge in [-0.2, -0.15) is 0 Å². The van der Waals surface area contributed by atoms with Crippen molar-refractivity contribution in [2.75, 3.05) is 4.90 Å². The van der Waals surface area contributed by atoms with E-state index in [1.54, 1.807) is 11.2 Å². The van der Waals surface area contributed by atoms with Crippen LogP contribution in [-0.2, 0) is 10.8 Å². The molecule has 0 aromatic heterocycles. The van der Waals surface area contributed by atoms with Crippen LogP contribution in [0.4, 0.5) is 11.4 Å². The van der Waals surface area contributed by atoms with Gasteiger partial charge in [-0.1, -0.05) is 158 Å². The Morgan fingerprint density at radius 2 is 1.37 bits per heavy atom. The minimum Gasteiger partial charge on any atom is -0.343 e. The normalized spacial score (nSPS) is 23.0. The molecular formula is C51H73BN2. The van der Waals surface area contributed by atoms with Crippen LogP contribution in [0.2, 0.25) is 0 Å². The summed E-state index contributed by atoms with van der Waals surface area (Å²) < 4.78 is 0. The van der Waals surface area contributed by atoms with Gasteiger partial charge < -0.3 is 9.80 Å². The molecule has 0 fully saturated rings. The van der Waals surface area contributed by atoms with Crippen molar-refractivity contribution >= 4 is 23.6 Å². The Morgan fingerprint density at radius 3 is 1.91 bits per heavy atom. The molecule has 0 radical (unpaired) electrons. The third kappa shape index (κ3) is 7.52. The maximum atomic E-state index is 4.28. The van der Waals surface area contributed by atoms with Crippen LogP contribution >= 0.6 is 0 Å². The van der Waals surface area contributed by atoms with Gasteiger partial charge in [0.1, 0.15) is 0 Å². The van der Waals surface area contributed by atoms with Crippen molar-refractivity contribution in [3.05, 3.63) is 113 Å². The second kappa shape index (κ2) is 13.8. The molecule has 0 spiro atoms. The lowest BCUT2D eigenvalue weighted by molar-refractivity contribution is 0.210. The Morgan fingerprint density at radius 1 is 0.778 bits per heavy atom.